The van der Waals surface area contributed by atoms with Gasteiger partial charge >= 0.3 is 0 Å². The Morgan fingerprint density at radius 1 is 1.12 bits per heavy atom. The SMILES string of the molecule is CC(=O)Nc1cccc(NC(=O)C(C)Oc2ccc(F)cc2Br)c1. The largest absolute Gasteiger partial charge is 0.480 e. The van der Waals surface area contributed by atoms with E-state index in [9.17, 15) is 14.0 Å². The molecule has 1 unspecified atom stereocenters. The highest BCUT2D eigenvalue weighted by Crippen LogP contribution is 2.26. The monoisotopic (exact) mass is 394 g/mol. The van der Waals surface area contributed by atoms with Gasteiger partial charge in [0.1, 0.15) is 11.6 Å². The van der Waals surface area contributed by atoms with Crippen molar-refractivity contribution >= 4 is 39.1 Å². The summed E-state index contributed by atoms with van der Waals surface area (Å²) in [4.78, 5) is 23.3. The number of benzene rings is 2. The van der Waals surface area contributed by atoms with Crippen molar-refractivity contribution in [3.05, 3.63) is 52.8 Å². The lowest BCUT2D eigenvalue weighted by molar-refractivity contribution is -0.122. The first-order valence-electron chi connectivity index (χ1n) is 7.15. The van der Waals surface area contributed by atoms with Gasteiger partial charge < -0.3 is 15.4 Å². The molecule has 2 N–H and O–H groups in total. The summed E-state index contributed by atoms with van der Waals surface area (Å²) in [6.45, 7) is 2.99. The topological polar surface area (TPSA) is 67.4 Å². The van der Waals surface area contributed by atoms with Crippen LogP contribution in [0.1, 0.15) is 13.8 Å². The standard InChI is InChI=1S/C17H16BrFN2O3/c1-10(24-16-7-6-12(19)8-15(16)18)17(23)21-14-5-3-4-13(9-14)20-11(2)22/h3-10H,1-2H3,(H,20,22)(H,21,23). The Labute approximate surface area is 147 Å². The summed E-state index contributed by atoms with van der Waals surface area (Å²) in [7, 11) is 0. The van der Waals surface area contributed by atoms with E-state index in [2.05, 4.69) is 26.6 Å². The second-order valence-corrected chi connectivity index (χ2v) is 5.94. The summed E-state index contributed by atoms with van der Waals surface area (Å²) < 4.78 is 19.0. The van der Waals surface area contributed by atoms with Gasteiger partial charge in [0.25, 0.3) is 5.91 Å². The van der Waals surface area contributed by atoms with E-state index in [4.69, 9.17) is 4.74 Å². The van der Waals surface area contributed by atoms with Crippen LogP contribution in [0.4, 0.5) is 15.8 Å². The molecule has 2 rings (SSSR count). The van der Waals surface area contributed by atoms with Gasteiger partial charge in [-0.05, 0) is 59.3 Å². The molecule has 0 spiro atoms. The lowest BCUT2D eigenvalue weighted by Crippen LogP contribution is -2.30. The van der Waals surface area contributed by atoms with Crippen molar-refractivity contribution in [3.63, 3.8) is 0 Å². The first-order chi connectivity index (χ1) is 11.3. The van der Waals surface area contributed by atoms with Crippen molar-refractivity contribution < 1.29 is 18.7 Å². The molecule has 0 heterocycles. The number of anilines is 2. The van der Waals surface area contributed by atoms with Gasteiger partial charge in [-0.15, -0.1) is 0 Å². The number of carbonyl (C=O) groups excluding carboxylic acids is 2. The van der Waals surface area contributed by atoms with Gasteiger partial charge in [-0.1, -0.05) is 6.07 Å². The number of amides is 2. The zero-order chi connectivity index (χ0) is 17.7. The van der Waals surface area contributed by atoms with Gasteiger partial charge in [0.2, 0.25) is 5.91 Å². The van der Waals surface area contributed by atoms with Crippen LogP contribution in [-0.4, -0.2) is 17.9 Å². The van der Waals surface area contributed by atoms with E-state index < -0.39 is 11.9 Å². The molecule has 0 aliphatic carbocycles. The highest BCUT2D eigenvalue weighted by molar-refractivity contribution is 9.10. The molecule has 0 bridgehead atoms. The minimum absolute atomic E-state index is 0.198. The maximum absolute atomic E-state index is 13.1. The number of rotatable bonds is 5. The van der Waals surface area contributed by atoms with Crippen LogP contribution in [0.25, 0.3) is 0 Å². The zero-order valence-electron chi connectivity index (χ0n) is 13.1. The highest BCUT2D eigenvalue weighted by atomic mass is 79.9. The molecule has 2 aromatic carbocycles. The predicted molar refractivity (Wildman–Crippen MR) is 93.6 cm³/mol. The van der Waals surface area contributed by atoms with E-state index >= 15 is 0 Å². The molecule has 0 aliphatic heterocycles. The molecule has 0 saturated heterocycles. The van der Waals surface area contributed by atoms with Crippen LogP contribution >= 0.6 is 15.9 Å². The van der Waals surface area contributed by atoms with Crippen molar-refractivity contribution in [2.24, 2.45) is 0 Å². The maximum atomic E-state index is 13.1. The molecule has 24 heavy (non-hydrogen) atoms. The molecular formula is C17H16BrFN2O3. The fourth-order valence-corrected chi connectivity index (χ4v) is 2.38. The molecular weight excluding hydrogens is 379 g/mol. The Morgan fingerprint density at radius 3 is 2.42 bits per heavy atom. The van der Waals surface area contributed by atoms with Crippen LogP contribution < -0.4 is 15.4 Å². The van der Waals surface area contributed by atoms with Gasteiger partial charge in [0, 0.05) is 18.3 Å². The van der Waals surface area contributed by atoms with Gasteiger partial charge in [-0.25, -0.2) is 4.39 Å². The lowest BCUT2D eigenvalue weighted by atomic mass is 10.2. The second-order valence-electron chi connectivity index (χ2n) is 5.09. The third kappa shape index (κ3) is 5.06. The van der Waals surface area contributed by atoms with Crippen LogP contribution in [0.2, 0.25) is 0 Å². The fourth-order valence-electron chi connectivity index (χ4n) is 1.94. The number of hydrogen-bond donors (Lipinski definition) is 2. The van der Waals surface area contributed by atoms with E-state index in [0.717, 1.165) is 0 Å². The van der Waals surface area contributed by atoms with Crippen molar-refractivity contribution in [3.8, 4) is 5.75 Å². The van der Waals surface area contributed by atoms with Gasteiger partial charge in [0.05, 0.1) is 4.47 Å². The van der Waals surface area contributed by atoms with E-state index in [1.165, 1.54) is 25.1 Å². The van der Waals surface area contributed by atoms with Crippen molar-refractivity contribution in [2.75, 3.05) is 10.6 Å². The normalized spacial score (nSPS) is 11.5. The Hall–Kier alpha value is -2.41. The molecule has 1 atom stereocenters. The van der Waals surface area contributed by atoms with Gasteiger partial charge in [0.15, 0.2) is 6.10 Å². The summed E-state index contributed by atoms with van der Waals surface area (Å²) in [5, 5.41) is 5.34. The summed E-state index contributed by atoms with van der Waals surface area (Å²) >= 11 is 3.19. The van der Waals surface area contributed by atoms with E-state index in [0.29, 0.717) is 21.6 Å². The molecule has 2 amide bonds. The predicted octanol–water partition coefficient (Wildman–Crippen LogP) is 3.95. The van der Waals surface area contributed by atoms with Crippen molar-refractivity contribution in [1.82, 2.24) is 0 Å². The molecule has 5 nitrogen and oxygen atoms in total. The molecule has 0 saturated carbocycles. The van der Waals surface area contributed by atoms with E-state index in [1.54, 1.807) is 31.2 Å². The maximum Gasteiger partial charge on any atom is 0.265 e. The molecule has 126 valence electrons. The van der Waals surface area contributed by atoms with Crippen molar-refractivity contribution in [2.45, 2.75) is 20.0 Å². The number of nitrogens with one attached hydrogen (secondary N) is 2. The third-order valence-corrected chi connectivity index (χ3v) is 3.64. The first kappa shape index (κ1) is 17.9. The third-order valence-electron chi connectivity index (χ3n) is 3.02. The highest BCUT2D eigenvalue weighted by Gasteiger charge is 2.16. The molecule has 0 aliphatic rings. The average molecular weight is 395 g/mol. The van der Waals surface area contributed by atoms with E-state index in [1.807, 2.05) is 0 Å². The van der Waals surface area contributed by atoms with Crippen molar-refractivity contribution in [1.29, 1.82) is 0 Å². The number of halogens is 2. The van der Waals surface area contributed by atoms with Crippen LogP contribution in [0.5, 0.6) is 5.75 Å². The zero-order valence-corrected chi connectivity index (χ0v) is 14.7. The van der Waals surface area contributed by atoms with Gasteiger partial charge in [-0.3, -0.25) is 9.59 Å². The fraction of sp³-hybridized carbons (Fsp3) is 0.176. The van der Waals surface area contributed by atoms with Gasteiger partial charge in [-0.2, -0.15) is 0 Å². The Kier molecular flexibility index (Phi) is 5.92. The van der Waals surface area contributed by atoms with Crippen LogP contribution in [-0.2, 0) is 9.59 Å². The summed E-state index contributed by atoms with van der Waals surface area (Å²) in [6.07, 6.45) is -0.795. The number of hydrogen-bond acceptors (Lipinski definition) is 3. The Balaban J connectivity index is 2.02. The number of carbonyl (C=O) groups is 2. The van der Waals surface area contributed by atoms with Crippen LogP contribution in [0.3, 0.4) is 0 Å². The minimum atomic E-state index is -0.795. The molecule has 0 radical (unpaired) electrons. The Morgan fingerprint density at radius 2 is 1.79 bits per heavy atom. The average Bonchev–Trinajstić information content (AvgIpc) is 2.49. The van der Waals surface area contributed by atoms with Crippen LogP contribution in [0, 0.1) is 5.82 Å². The number of ether oxygens (including phenoxy) is 1. The second kappa shape index (κ2) is 7.92. The summed E-state index contributed by atoms with van der Waals surface area (Å²) in [6, 6.07) is 10.7. The van der Waals surface area contributed by atoms with E-state index in [-0.39, 0.29) is 11.8 Å². The molecule has 7 heteroatoms. The molecule has 0 aromatic heterocycles. The molecule has 2 aromatic rings. The lowest BCUT2D eigenvalue weighted by Gasteiger charge is -2.16. The quantitative estimate of drug-likeness (QED) is 0.806. The minimum Gasteiger partial charge on any atom is -0.480 e. The summed E-state index contributed by atoms with van der Waals surface area (Å²) in [5.74, 6) is -0.602. The smallest absolute Gasteiger partial charge is 0.265 e. The van der Waals surface area contributed by atoms with Crippen LogP contribution in [0.15, 0.2) is 46.9 Å². The summed E-state index contributed by atoms with van der Waals surface area (Å²) in [5.41, 5.74) is 1.11. The Bertz CT molecular complexity index is 767. The first-order valence-corrected chi connectivity index (χ1v) is 7.94. The molecule has 0 fully saturated rings.